The SMILES string of the molecule is CCOC(=O)/C=C/c1cccc2ccsc12. The van der Waals surface area contributed by atoms with Gasteiger partial charge in [-0.15, -0.1) is 11.3 Å². The van der Waals surface area contributed by atoms with Crippen LogP contribution in [0.25, 0.3) is 16.2 Å². The summed E-state index contributed by atoms with van der Waals surface area (Å²) < 4.78 is 6.03. The normalized spacial score (nSPS) is 11.1. The lowest BCUT2D eigenvalue weighted by atomic mass is 10.1. The molecule has 0 aliphatic carbocycles. The highest BCUT2D eigenvalue weighted by Crippen LogP contribution is 2.25. The zero-order valence-corrected chi connectivity index (χ0v) is 9.79. The first-order valence-corrected chi connectivity index (χ1v) is 6.00. The van der Waals surface area contributed by atoms with E-state index in [1.54, 1.807) is 24.3 Å². The van der Waals surface area contributed by atoms with E-state index in [4.69, 9.17) is 4.74 Å². The summed E-state index contributed by atoms with van der Waals surface area (Å²) in [5, 5.41) is 3.25. The van der Waals surface area contributed by atoms with Crippen molar-refractivity contribution in [3.63, 3.8) is 0 Å². The number of rotatable bonds is 3. The van der Waals surface area contributed by atoms with Gasteiger partial charge in [0.25, 0.3) is 0 Å². The van der Waals surface area contributed by atoms with E-state index in [1.165, 1.54) is 16.2 Å². The summed E-state index contributed by atoms with van der Waals surface area (Å²) in [4.78, 5) is 11.2. The van der Waals surface area contributed by atoms with Crippen molar-refractivity contribution in [3.8, 4) is 0 Å². The summed E-state index contributed by atoms with van der Waals surface area (Å²) >= 11 is 1.68. The van der Waals surface area contributed by atoms with Crippen molar-refractivity contribution in [3.05, 3.63) is 41.3 Å². The molecule has 0 unspecified atom stereocenters. The van der Waals surface area contributed by atoms with Crippen LogP contribution in [0.4, 0.5) is 0 Å². The lowest BCUT2D eigenvalue weighted by Crippen LogP contribution is -1.98. The van der Waals surface area contributed by atoms with Crippen LogP contribution in [0.15, 0.2) is 35.7 Å². The number of carbonyl (C=O) groups is 1. The van der Waals surface area contributed by atoms with Crippen molar-refractivity contribution in [2.45, 2.75) is 6.92 Å². The first-order valence-electron chi connectivity index (χ1n) is 5.12. The van der Waals surface area contributed by atoms with Crippen LogP contribution in [0.5, 0.6) is 0 Å². The van der Waals surface area contributed by atoms with Gasteiger partial charge < -0.3 is 4.74 Å². The van der Waals surface area contributed by atoms with E-state index in [2.05, 4.69) is 12.1 Å². The van der Waals surface area contributed by atoms with Gasteiger partial charge in [0, 0.05) is 10.8 Å². The standard InChI is InChI=1S/C13H12O2S/c1-2-15-12(14)7-6-10-4-3-5-11-8-9-16-13(10)11/h3-9H,2H2,1H3/b7-6+. The molecule has 2 nitrogen and oxygen atoms in total. The maximum absolute atomic E-state index is 11.2. The van der Waals surface area contributed by atoms with E-state index >= 15 is 0 Å². The van der Waals surface area contributed by atoms with Crippen molar-refractivity contribution in [2.75, 3.05) is 6.61 Å². The number of hydrogen-bond donors (Lipinski definition) is 0. The summed E-state index contributed by atoms with van der Waals surface area (Å²) in [5.74, 6) is -0.295. The number of esters is 1. The van der Waals surface area contributed by atoms with E-state index < -0.39 is 0 Å². The Hall–Kier alpha value is -1.61. The second-order valence-corrected chi connectivity index (χ2v) is 4.19. The second kappa shape index (κ2) is 4.94. The molecule has 0 aliphatic rings. The van der Waals surface area contributed by atoms with Gasteiger partial charge in [-0.05, 0) is 35.4 Å². The lowest BCUT2D eigenvalue weighted by Gasteiger charge is -1.97. The average molecular weight is 232 g/mol. The van der Waals surface area contributed by atoms with Crippen LogP contribution in [-0.4, -0.2) is 12.6 Å². The largest absolute Gasteiger partial charge is 0.463 e. The number of benzene rings is 1. The van der Waals surface area contributed by atoms with Crippen molar-refractivity contribution in [1.82, 2.24) is 0 Å². The Morgan fingerprint density at radius 1 is 1.44 bits per heavy atom. The smallest absolute Gasteiger partial charge is 0.330 e. The van der Waals surface area contributed by atoms with Crippen molar-refractivity contribution in [1.29, 1.82) is 0 Å². The van der Waals surface area contributed by atoms with Crippen molar-refractivity contribution < 1.29 is 9.53 Å². The fourth-order valence-electron chi connectivity index (χ4n) is 1.50. The average Bonchev–Trinajstić information content (AvgIpc) is 2.75. The third kappa shape index (κ3) is 2.31. The maximum Gasteiger partial charge on any atom is 0.330 e. The van der Waals surface area contributed by atoms with Gasteiger partial charge in [-0.1, -0.05) is 18.2 Å². The second-order valence-electron chi connectivity index (χ2n) is 3.27. The highest BCUT2D eigenvalue weighted by molar-refractivity contribution is 7.17. The van der Waals surface area contributed by atoms with Crippen LogP contribution in [0.1, 0.15) is 12.5 Å². The molecule has 82 valence electrons. The predicted molar refractivity (Wildman–Crippen MR) is 67.5 cm³/mol. The fourth-order valence-corrected chi connectivity index (χ4v) is 2.39. The molecule has 0 amide bonds. The summed E-state index contributed by atoms with van der Waals surface area (Å²) in [5.41, 5.74) is 1.06. The summed E-state index contributed by atoms with van der Waals surface area (Å²) in [6.07, 6.45) is 3.27. The molecular formula is C13H12O2S. The molecule has 0 aliphatic heterocycles. The first kappa shape index (κ1) is 10.9. The molecule has 0 saturated carbocycles. The van der Waals surface area contributed by atoms with Gasteiger partial charge in [-0.25, -0.2) is 4.79 Å². The van der Waals surface area contributed by atoms with Crippen molar-refractivity contribution >= 4 is 33.5 Å². The number of fused-ring (bicyclic) bond motifs is 1. The first-order chi connectivity index (χ1) is 7.81. The molecule has 1 aromatic heterocycles. The highest BCUT2D eigenvalue weighted by atomic mass is 32.1. The molecule has 0 atom stereocenters. The summed E-state index contributed by atoms with van der Waals surface area (Å²) in [6.45, 7) is 2.21. The van der Waals surface area contributed by atoms with Gasteiger partial charge in [-0.2, -0.15) is 0 Å². The molecule has 16 heavy (non-hydrogen) atoms. The quantitative estimate of drug-likeness (QED) is 0.598. The Kier molecular flexibility index (Phi) is 3.37. The van der Waals surface area contributed by atoms with Gasteiger partial charge >= 0.3 is 5.97 Å². The Bertz CT molecular complexity index is 525. The van der Waals surface area contributed by atoms with Crippen molar-refractivity contribution in [2.24, 2.45) is 0 Å². The minimum atomic E-state index is -0.295. The molecule has 2 rings (SSSR count). The van der Waals surface area contributed by atoms with Crippen LogP contribution in [-0.2, 0) is 9.53 Å². The molecule has 0 saturated heterocycles. The van der Waals surface area contributed by atoms with Crippen LogP contribution in [0, 0.1) is 0 Å². The zero-order valence-electron chi connectivity index (χ0n) is 8.97. The molecule has 1 heterocycles. The maximum atomic E-state index is 11.2. The third-order valence-corrected chi connectivity index (χ3v) is 3.17. The van der Waals surface area contributed by atoms with Gasteiger partial charge in [0.2, 0.25) is 0 Å². The van der Waals surface area contributed by atoms with E-state index in [0.717, 1.165) is 5.56 Å². The molecule has 0 fully saturated rings. The summed E-state index contributed by atoms with van der Waals surface area (Å²) in [7, 11) is 0. The van der Waals surface area contributed by atoms with E-state index in [9.17, 15) is 4.79 Å². The molecule has 2 aromatic rings. The predicted octanol–water partition coefficient (Wildman–Crippen LogP) is 3.48. The number of carbonyl (C=O) groups excluding carboxylic acids is 1. The van der Waals surface area contributed by atoms with Crippen LogP contribution >= 0.6 is 11.3 Å². The van der Waals surface area contributed by atoms with E-state index in [-0.39, 0.29) is 5.97 Å². The number of hydrogen-bond acceptors (Lipinski definition) is 3. The molecule has 3 heteroatoms. The van der Waals surface area contributed by atoms with Gasteiger partial charge in [-0.3, -0.25) is 0 Å². The molecule has 0 spiro atoms. The Balaban J connectivity index is 2.27. The molecular weight excluding hydrogens is 220 g/mol. The van der Waals surface area contributed by atoms with E-state index in [0.29, 0.717) is 6.61 Å². The van der Waals surface area contributed by atoms with Crippen LogP contribution < -0.4 is 0 Å². The fraction of sp³-hybridized carbons (Fsp3) is 0.154. The number of ether oxygens (including phenoxy) is 1. The van der Waals surface area contributed by atoms with Gasteiger partial charge in [0.05, 0.1) is 6.61 Å². The lowest BCUT2D eigenvalue weighted by molar-refractivity contribution is -0.137. The van der Waals surface area contributed by atoms with Gasteiger partial charge in [0.15, 0.2) is 0 Å². The number of thiophene rings is 1. The monoisotopic (exact) mass is 232 g/mol. The highest BCUT2D eigenvalue weighted by Gasteiger charge is 2.00. The van der Waals surface area contributed by atoms with Gasteiger partial charge in [0.1, 0.15) is 0 Å². The molecule has 1 aromatic carbocycles. The molecule has 0 bridgehead atoms. The third-order valence-electron chi connectivity index (χ3n) is 2.20. The molecule has 0 radical (unpaired) electrons. The Morgan fingerprint density at radius 3 is 3.12 bits per heavy atom. The van der Waals surface area contributed by atoms with E-state index in [1.807, 2.05) is 17.5 Å². The Morgan fingerprint density at radius 2 is 2.31 bits per heavy atom. The summed E-state index contributed by atoms with van der Waals surface area (Å²) in [6, 6.07) is 8.11. The Labute approximate surface area is 98.2 Å². The van der Waals surface area contributed by atoms with Crippen LogP contribution in [0.3, 0.4) is 0 Å². The zero-order chi connectivity index (χ0) is 11.4. The van der Waals surface area contributed by atoms with Crippen LogP contribution in [0.2, 0.25) is 0 Å². The topological polar surface area (TPSA) is 26.3 Å². The minimum Gasteiger partial charge on any atom is -0.463 e. The molecule has 0 N–H and O–H groups in total. The minimum absolute atomic E-state index is 0.295.